The van der Waals surface area contributed by atoms with Gasteiger partial charge in [0, 0.05) is 43.6 Å². The first-order valence-electron chi connectivity index (χ1n) is 22.4. The predicted octanol–water partition coefficient (Wildman–Crippen LogP) is 11.3. The molecule has 69 heavy (non-hydrogen) atoms. The van der Waals surface area contributed by atoms with Crippen LogP contribution in [0.1, 0.15) is 168 Å². The molecule has 0 fully saturated rings. The maximum Gasteiger partial charge on any atom is 0.337 e. The van der Waals surface area contributed by atoms with Crippen molar-refractivity contribution in [2.45, 2.75) is 136 Å². The molecule has 0 spiro atoms. The molecule has 0 aliphatic rings. The molecule has 18 heteroatoms. The number of nitrogen functional groups attached to an aromatic ring is 1. The van der Waals surface area contributed by atoms with Crippen LogP contribution in [0.25, 0.3) is 11.1 Å². The van der Waals surface area contributed by atoms with Crippen LogP contribution >= 0.6 is 0 Å². The molecule has 0 aromatic carbocycles. The van der Waals surface area contributed by atoms with Gasteiger partial charge in [-0.25, -0.2) is 20.1 Å². The number of nitriles is 1. The minimum absolute atomic E-state index is 0.266. The number of carbonyl (C=O) groups excluding carboxylic acids is 2. The number of aromatic nitrogens is 6. The van der Waals surface area contributed by atoms with Gasteiger partial charge in [-0.2, -0.15) is 5.26 Å². The van der Waals surface area contributed by atoms with Crippen molar-refractivity contribution in [1.82, 2.24) is 35.6 Å². The van der Waals surface area contributed by atoms with E-state index in [4.69, 9.17) is 36.7 Å². The van der Waals surface area contributed by atoms with Gasteiger partial charge in [0.25, 0.3) is 11.6 Å². The summed E-state index contributed by atoms with van der Waals surface area (Å²) in [5.41, 5.74) is 16.6. The fourth-order valence-electron chi connectivity index (χ4n) is 3.57. The largest absolute Gasteiger partial charge is 0.478 e. The molecule has 8 N–H and O–H groups in total. The number of nitrogens with zero attached hydrogens (tertiary/aromatic N) is 7. The van der Waals surface area contributed by atoms with Gasteiger partial charge in [0.05, 0.1) is 44.7 Å². The highest BCUT2D eigenvalue weighted by Gasteiger charge is 2.06. The summed E-state index contributed by atoms with van der Waals surface area (Å²) in [5.74, 6) is -2.32. The Hall–Kier alpha value is -7.65. The fourth-order valence-corrected chi connectivity index (χ4v) is 3.57. The molecule has 6 aromatic rings. The number of rotatable bonds is 3. The standard InChI is InChI=1S/C7H8N2O.C7H6N2.2C7H7NO2.C6H5N3O.5C3H8.C2H5NO2/c1-5-6(7(8)10)3-2-4-9-5;1-6-7(5-8)3-2-4-9-6;2*1-5-6(7(9)10)3-2-4-8-5;7-5-4-2-1-3-8-6(4)10-9-5;5*1-3-2;1-2(4)3-5/h2-4H,1H3,(H2,8,10);2-4H,1H3;2*2-4H,1H3,(H,9,10);1-3H,(H2,7,9);5*3H2,1-2H3;5H,1H3,(H,3,4). The molecule has 380 valence electrons. The van der Waals surface area contributed by atoms with Crippen molar-refractivity contribution in [1.29, 1.82) is 5.26 Å². The van der Waals surface area contributed by atoms with Crippen LogP contribution in [0.2, 0.25) is 0 Å². The van der Waals surface area contributed by atoms with Crippen molar-refractivity contribution in [2.24, 2.45) is 5.73 Å². The first kappa shape index (κ1) is 70.4. The number of primary amides is 1. The summed E-state index contributed by atoms with van der Waals surface area (Å²) in [4.78, 5) is 60.2. The molecule has 0 atom stereocenters. The van der Waals surface area contributed by atoms with Crippen LogP contribution < -0.4 is 16.9 Å². The van der Waals surface area contributed by atoms with Crippen molar-refractivity contribution in [2.75, 3.05) is 5.73 Å². The average Bonchev–Trinajstić information content (AvgIpc) is 3.69. The quantitative estimate of drug-likeness (QED) is 0.0709. The maximum atomic E-state index is 10.6. The monoisotopic (exact) mass is 959 g/mol. The van der Waals surface area contributed by atoms with Crippen LogP contribution in [-0.2, 0) is 4.79 Å². The Labute approximate surface area is 409 Å². The molecule has 0 saturated heterocycles. The highest BCUT2D eigenvalue weighted by Crippen LogP contribution is 2.16. The van der Waals surface area contributed by atoms with Crippen LogP contribution in [0.15, 0.2) is 96.2 Å². The third-order valence-electron chi connectivity index (χ3n) is 6.31. The first-order chi connectivity index (χ1) is 32.7. The number of aromatic carboxylic acids is 2. The third kappa shape index (κ3) is 39.3. The molecular weight excluding hydrogens is 881 g/mol. The molecule has 6 heterocycles. The number of hydrogen-bond acceptors (Lipinski definition) is 14. The summed E-state index contributed by atoms with van der Waals surface area (Å²) < 4.78 is 4.76. The number of hydroxylamine groups is 1. The lowest BCUT2D eigenvalue weighted by molar-refractivity contribution is -0.126. The highest BCUT2D eigenvalue weighted by molar-refractivity contribution is 5.93. The van der Waals surface area contributed by atoms with E-state index in [1.54, 1.807) is 94.2 Å². The average molecular weight is 959 g/mol. The zero-order valence-corrected chi connectivity index (χ0v) is 43.4. The van der Waals surface area contributed by atoms with Crippen molar-refractivity contribution in [3.05, 3.63) is 137 Å². The van der Waals surface area contributed by atoms with E-state index in [-0.39, 0.29) is 11.1 Å². The molecule has 0 radical (unpaired) electrons. The topological polar surface area (TPSA) is 307 Å². The van der Waals surface area contributed by atoms with E-state index >= 15 is 0 Å². The van der Waals surface area contributed by atoms with E-state index in [2.05, 4.69) is 99.3 Å². The summed E-state index contributed by atoms with van der Waals surface area (Å²) in [6, 6.07) is 18.8. The Morgan fingerprint density at radius 2 is 0.884 bits per heavy atom. The summed E-state index contributed by atoms with van der Waals surface area (Å²) >= 11 is 0. The lowest BCUT2D eigenvalue weighted by Crippen LogP contribution is -2.12. The Morgan fingerprint density at radius 3 is 1.12 bits per heavy atom. The van der Waals surface area contributed by atoms with E-state index in [9.17, 15) is 19.2 Å². The summed E-state index contributed by atoms with van der Waals surface area (Å²) in [7, 11) is 0. The van der Waals surface area contributed by atoms with Crippen molar-refractivity contribution in [3.8, 4) is 6.07 Å². The van der Waals surface area contributed by atoms with Crippen molar-refractivity contribution in [3.63, 3.8) is 0 Å². The predicted molar refractivity (Wildman–Crippen MR) is 275 cm³/mol. The number of nitrogens with one attached hydrogen (secondary N) is 1. The molecule has 2 amide bonds. The second kappa shape index (κ2) is 48.3. The number of carbonyl (C=O) groups is 4. The normalized spacial score (nSPS) is 8.45. The number of pyridine rings is 5. The van der Waals surface area contributed by atoms with Gasteiger partial charge in [-0.15, -0.1) is 0 Å². The van der Waals surface area contributed by atoms with Gasteiger partial charge < -0.3 is 26.2 Å². The number of anilines is 1. The molecule has 6 aromatic heterocycles. The Bertz CT molecular complexity index is 2140. The van der Waals surface area contributed by atoms with Crippen LogP contribution in [0.4, 0.5) is 5.82 Å². The van der Waals surface area contributed by atoms with Crippen LogP contribution in [0, 0.1) is 39.0 Å². The fraction of sp³-hybridized carbons (Fsp3) is 0.392. The highest BCUT2D eigenvalue weighted by atomic mass is 16.5. The second-order valence-electron chi connectivity index (χ2n) is 13.8. The summed E-state index contributed by atoms with van der Waals surface area (Å²) in [6.45, 7) is 29.4. The Kier molecular flexibility index (Phi) is 49.2. The summed E-state index contributed by atoms with van der Waals surface area (Å²) in [6.07, 6.45) is 14.3. The van der Waals surface area contributed by atoms with E-state index < -0.39 is 23.8 Å². The number of carboxylic acid groups (broad SMARTS) is 2. The molecular formula is C51H78N10O8. The zero-order chi connectivity index (χ0) is 54.2. The number of carboxylic acids is 2. The lowest BCUT2D eigenvalue weighted by atomic mass is 10.2. The molecule has 0 aliphatic carbocycles. The number of hydrogen-bond donors (Lipinski definition) is 6. The SMILES string of the molecule is CC(=O)NO.CCC.CCC.CCC.CCC.CCC.Cc1ncccc1C#N.Cc1ncccc1C(=O)O.Cc1ncccc1C(=O)O.Cc1ncccc1C(N)=O.Nc1noc2ncccc12. The van der Waals surface area contributed by atoms with Gasteiger partial charge >= 0.3 is 11.9 Å². The van der Waals surface area contributed by atoms with Gasteiger partial charge in [-0.1, -0.05) is 106 Å². The number of aryl methyl sites for hydroxylation is 4. The minimum atomic E-state index is -0.925. The van der Waals surface area contributed by atoms with Gasteiger partial charge in [0.2, 0.25) is 5.91 Å². The minimum Gasteiger partial charge on any atom is -0.478 e. The van der Waals surface area contributed by atoms with E-state index in [1.165, 1.54) is 56.6 Å². The molecule has 0 aliphatic heterocycles. The van der Waals surface area contributed by atoms with Crippen LogP contribution in [0.3, 0.4) is 0 Å². The first-order valence-corrected chi connectivity index (χ1v) is 22.4. The molecule has 0 saturated carbocycles. The molecule has 18 nitrogen and oxygen atoms in total. The van der Waals surface area contributed by atoms with Gasteiger partial charge in [-0.3, -0.25) is 34.7 Å². The smallest absolute Gasteiger partial charge is 0.337 e. The third-order valence-corrected chi connectivity index (χ3v) is 6.31. The number of nitrogens with two attached hydrogens (primary N) is 2. The number of amides is 2. The van der Waals surface area contributed by atoms with Crippen molar-refractivity contribution < 1.29 is 39.1 Å². The maximum absolute atomic E-state index is 10.6. The van der Waals surface area contributed by atoms with Gasteiger partial charge in [0.1, 0.15) is 6.07 Å². The Balaban J connectivity index is -0.000000226. The molecule has 6 rings (SSSR count). The van der Waals surface area contributed by atoms with Crippen molar-refractivity contribution >= 4 is 40.7 Å². The van der Waals surface area contributed by atoms with Gasteiger partial charge in [-0.05, 0) is 88.4 Å². The van der Waals surface area contributed by atoms with E-state index in [1.807, 2.05) is 19.1 Å². The van der Waals surface area contributed by atoms with E-state index in [0.717, 1.165) is 11.1 Å². The second-order valence-corrected chi connectivity index (χ2v) is 13.8. The molecule has 0 unspecified atom stereocenters. The summed E-state index contributed by atoms with van der Waals surface area (Å²) in [5, 5.41) is 37.3. The molecule has 0 bridgehead atoms. The van der Waals surface area contributed by atoms with Crippen LogP contribution in [0.5, 0.6) is 0 Å². The van der Waals surface area contributed by atoms with E-state index in [0.29, 0.717) is 39.7 Å². The Morgan fingerprint density at radius 1 is 0.580 bits per heavy atom. The van der Waals surface area contributed by atoms with Crippen LogP contribution in [-0.4, -0.2) is 69.2 Å². The lowest BCUT2D eigenvalue weighted by Gasteiger charge is -1.96. The zero-order valence-electron chi connectivity index (χ0n) is 43.4. The number of fused-ring (bicyclic) bond motifs is 1. The van der Waals surface area contributed by atoms with Gasteiger partial charge in [0.15, 0.2) is 5.82 Å².